The molecule has 0 heterocycles. The Morgan fingerprint density at radius 2 is 2.17 bits per heavy atom. The number of carbonyl (C=O) groups is 1. The van der Waals surface area contributed by atoms with Gasteiger partial charge < -0.3 is 4.74 Å². The number of halogens is 2. The second-order valence-electron chi connectivity index (χ2n) is 4.51. The van der Waals surface area contributed by atoms with Gasteiger partial charge >= 0.3 is 0 Å². The van der Waals surface area contributed by atoms with Crippen LogP contribution in [0.2, 0.25) is 5.02 Å². The van der Waals surface area contributed by atoms with Crippen molar-refractivity contribution in [1.82, 2.24) is 5.43 Å². The maximum Gasteiger partial charge on any atom is 0.277 e. The van der Waals surface area contributed by atoms with Crippen molar-refractivity contribution in [2.24, 2.45) is 5.10 Å². The third-order valence-corrected chi connectivity index (χ3v) is 3.59. The smallest absolute Gasteiger partial charge is 0.277 e. The fourth-order valence-corrected chi connectivity index (χ4v) is 2.46. The lowest BCUT2D eigenvalue weighted by Gasteiger charge is -2.07. The molecule has 124 valence electrons. The minimum absolute atomic E-state index is 0.0544. The van der Waals surface area contributed by atoms with Crippen LogP contribution >= 0.6 is 27.5 Å². The van der Waals surface area contributed by atoms with Gasteiger partial charge in [-0.3, -0.25) is 14.9 Å². The van der Waals surface area contributed by atoms with Crippen LogP contribution in [-0.2, 0) is 4.79 Å². The monoisotopic (exact) mass is 411 g/mol. The van der Waals surface area contributed by atoms with E-state index in [2.05, 4.69) is 26.5 Å². The summed E-state index contributed by atoms with van der Waals surface area (Å²) in [4.78, 5) is 21.8. The molecule has 0 aliphatic carbocycles. The van der Waals surface area contributed by atoms with Gasteiger partial charge in [0, 0.05) is 22.7 Å². The van der Waals surface area contributed by atoms with Gasteiger partial charge in [-0.2, -0.15) is 5.10 Å². The lowest BCUT2D eigenvalue weighted by Crippen LogP contribution is -2.24. The molecule has 2 rings (SSSR count). The molecule has 9 heteroatoms. The van der Waals surface area contributed by atoms with Crippen molar-refractivity contribution in [1.29, 1.82) is 0 Å². The first kappa shape index (κ1) is 17.9. The number of ether oxygens (including phenoxy) is 1. The number of nitrogens with one attached hydrogen (secondary N) is 1. The van der Waals surface area contributed by atoms with Crippen molar-refractivity contribution in [3.05, 3.63) is 67.6 Å². The first-order chi connectivity index (χ1) is 11.5. The molecule has 0 saturated carbocycles. The van der Waals surface area contributed by atoms with Crippen LogP contribution in [0.15, 0.2) is 52.0 Å². The third-order valence-electron chi connectivity index (χ3n) is 2.74. The molecule has 0 aliphatic rings. The van der Waals surface area contributed by atoms with Crippen molar-refractivity contribution in [2.45, 2.75) is 0 Å². The summed E-state index contributed by atoms with van der Waals surface area (Å²) in [6.07, 6.45) is 1.31. The van der Waals surface area contributed by atoms with Crippen LogP contribution in [0.5, 0.6) is 5.75 Å². The summed E-state index contributed by atoms with van der Waals surface area (Å²) >= 11 is 9.08. The number of amides is 1. The predicted octanol–water partition coefficient (Wildman–Crippen LogP) is 3.54. The Labute approximate surface area is 150 Å². The average molecular weight is 413 g/mol. The van der Waals surface area contributed by atoms with E-state index in [1.54, 1.807) is 24.3 Å². The summed E-state index contributed by atoms with van der Waals surface area (Å²) in [5.74, 6) is -0.00394. The van der Waals surface area contributed by atoms with Crippen molar-refractivity contribution in [3.8, 4) is 5.75 Å². The van der Waals surface area contributed by atoms with Crippen LogP contribution in [0.1, 0.15) is 5.56 Å². The van der Waals surface area contributed by atoms with E-state index < -0.39 is 10.8 Å². The Bertz CT molecular complexity index is 798. The van der Waals surface area contributed by atoms with Gasteiger partial charge in [0.25, 0.3) is 11.6 Å². The van der Waals surface area contributed by atoms with E-state index in [9.17, 15) is 14.9 Å². The zero-order valence-electron chi connectivity index (χ0n) is 12.1. The van der Waals surface area contributed by atoms with Gasteiger partial charge in [0.15, 0.2) is 6.61 Å². The van der Waals surface area contributed by atoms with Crippen molar-refractivity contribution in [2.75, 3.05) is 6.61 Å². The molecule has 7 nitrogen and oxygen atoms in total. The van der Waals surface area contributed by atoms with Crippen LogP contribution in [0.4, 0.5) is 5.69 Å². The molecule has 1 N–H and O–H groups in total. The first-order valence-corrected chi connectivity index (χ1v) is 7.77. The number of hydrogen-bond donors (Lipinski definition) is 1. The predicted molar refractivity (Wildman–Crippen MR) is 93.5 cm³/mol. The van der Waals surface area contributed by atoms with Crippen LogP contribution in [-0.4, -0.2) is 23.7 Å². The maximum atomic E-state index is 11.7. The van der Waals surface area contributed by atoms with Crippen LogP contribution in [0, 0.1) is 10.1 Å². The molecule has 2 aromatic rings. The van der Waals surface area contributed by atoms with E-state index >= 15 is 0 Å². The van der Waals surface area contributed by atoms with Gasteiger partial charge in [-0.15, -0.1) is 0 Å². The Kier molecular flexibility index (Phi) is 6.28. The van der Waals surface area contributed by atoms with Gasteiger partial charge in [-0.05, 0) is 34.1 Å². The summed E-state index contributed by atoms with van der Waals surface area (Å²) in [6, 6.07) is 10.8. The first-order valence-electron chi connectivity index (χ1n) is 6.60. The number of nitro groups is 1. The number of nitro benzene ring substituents is 1. The Balaban J connectivity index is 1.86. The molecule has 1 amide bonds. The summed E-state index contributed by atoms with van der Waals surface area (Å²) in [7, 11) is 0. The number of rotatable bonds is 6. The van der Waals surface area contributed by atoms with Gasteiger partial charge in [-0.25, -0.2) is 5.43 Å². The number of benzene rings is 2. The van der Waals surface area contributed by atoms with E-state index in [1.165, 1.54) is 24.4 Å². The number of hydrogen-bond acceptors (Lipinski definition) is 5. The number of nitrogens with zero attached hydrogens (tertiary/aromatic N) is 2. The van der Waals surface area contributed by atoms with Gasteiger partial charge in [0.2, 0.25) is 0 Å². The van der Waals surface area contributed by atoms with E-state index in [0.717, 1.165) is 0 Å². The molecule has 0 saturated heterocycles. The molecule has 0 bridgehead atoms. The van der Waals surface area contributed by atoms with Gasteiger partial charge in [0.1, 0.15) is 5.75 Å². The Morgan fingerprint density at radius 1 is 1.38 bits per heavy atom. The molecule has 0 aliphatic heterocycles. The van der Waals surface area contributed by atoms with Crippen molar-refractivity contribution >= 4 is 45.3 Å². The number of hydrazone groups is 1. The fourth-order valence-electron chi connectivity index (χ4n) is 1.67. The second kappa shape index (κ2) is 8.42. The minimum atomic E-state index is -0.506. The van der Waals surface area contributed by atoms with E-state index in [-0.39, 0.29) is 12.3 Å². The summed E-state index contributed by atoms with van der Waals surface area (Å²) in [5, 5.41) is 14.9. The van der Waals surface area contributed by atoms with Gasteiger partial charge in [-0.1, -0.05) is 23.7 Å². The van der Waals surface area contributed by atoms with Crippen LogP contribution in [0.3, 0.4) is 0 Å². The molecule has 0 atom stereocenters. The number of carbonyl (C=O) groups excluding carboxylic acids is 1. The minimum Gasteiger partial charge on any atom is -0.483 e. The second-order valence-corrected chi connectivity index (χ2v) is 5.80. The van der Waals surface area contributed by atoms with Crippen LogP contribution < -0.4 is 10.2 Å². The van der Waals surface area contributed by atoms with E-state index in [4.69, 9.17) is 16.3 Å². The zero-order valence-corrected chi connectivity index (χ0v) is 14.5. The topological polar surface area (TPSA) is 93.8 Å². The van der Waals surface area contributed by atoms with Crippen LogP contribution in [0.25, 0.3) is 0 Å². The average Bonchev–Trinajstić information content (AvgIpc) is 2.54. The number of non-ortho nitro benzene ring substituents is 1. The zero-order chi connectivity index (χ0) is 17.5. The third kappa shape index (κ3) is 5.32. The molecular weight excluding hydrogens is 402 g/mol. The molecule has 0 fully saturated rings. The molecule has 0 spiro atoms. The standard InChI is InChI=1S/C15H11BrClN3O4/c16-13-7-11(17)4-5-14(13)24-9-15(21)19-18-8-10-2-1-3-12(6-10)20(22)23/h1-8H,9H2,(H,19,21)/b18-8-. The summed E-state index contributed by atoms with van der Waals surface area (Å²) < 4.78 is 5.95. The van der Waals surface area contributed by atoms with Crippen molar-refractivity contribution < 1.29 is 14.5 Å². The highest BCUT2D eigenvalue weighted by atomic mass is 79.9. The normalized spacial score (nSPS) is 10.6. The quantitative estimate of drug-likeness (QED) is 0.446. The Morgan fingerprint density at radius 3 is 2.88 bits per heavy atom. The fraction of sp³-hybridized carbons (Fsp3) is 0.0667. The maximum absolute atomic E-state index is 11.7. The molecule has 24 heavy (non-hydrogen) atoms. The highest BCUT2D eigenvalue weighted by molar-refractivity contribution is 9.10. The molecule has 0 aromatic heterocycles. The van der Waals surface area contributed by atoms with E-state index in [0.29, 0.717) is 20.8 Å². The largest absolute Gasteiger partial charge is 0.483 e. The van der Waals surface area contributed by atoms with E-state index in [1.807, 2.05) is 0 Å². The lowest BCUT2D eigenvalue weighted by molar-refractivity contribution is -0.384. The van der Waals surface area contributed by atoms with Crippen molar-refractivity contribution in [3.63, 3.8) is 0 Å². The summed E-state index contributed by atoms with van der Waals surface area (Å²) in [6.45, 7) is -0.244. The SMILES string of the molecule is O=C(COc1ccc(Cl)cc1Br)N/N=C\c1cccc([N+](=O)[O-])c1. The lowest BCUT2D eigenvalue weighted by atomic mass is 10.2. The summed E-state index contributed by atoms with van der Waals surface area (Å²) in [5.41, 5.74) is 2.71. The highest BCUT2D eigenvalue weighted by Crippen LogP contribution is 2.27. The molecule has 0 radical (unpaired) electrons. The molecule has 0 unspecified atom stereocenters. The molecule has 2 aromatic carbocycles. The Hall–Kier alpha value is -2.45. The molecular formula is C15H11BrClN3O4. The highest BCUT2D eigenvalue weighted by Gasteiger charge is 2.06. The van der Waals surface area contributed by atoms with Gasteiger partial charge in [0.05, 0.1) is 15.6 Å².